The topological polar surface area (TPSA) is 60.9 Å². The molecular weight excluding hydrogens is 250 g/mol. The lowest BCUT2D eigenvalue weighted by atomic mass is 10.2. The van der Waals surface area contributed by atoms with Crippen LogP contribution in [0.4, 0.5) is 0 Å². The van der Waals surface area contributed by atoms with Crippen molar-refractivity contribution in [2.75, 3.05) is 0 Å². The quantitative estimate of drug-likeness (QED) is 0.659. The molecule has 0 aliphatic carbocycles. The van der Waals surface area contributed by atoms with Gasteiger partial charge in [0.2, 0.25) is 0 Å². The highest BCUT2D eigenvalue weighted by Gasteiger charge is 2.10. The van der Waals surface area contributed by atoms with Crippen LogP contribution in [-0.2, 0) is 7.05 Å². The molecule has 0 saturated heterocycles. The van der Waals surface area contributed by atoms with E-state index >= 15 is 0 Å². The zero-order valence-electron chi connectivity index (χ0n) is 9.53. The molecule has 18 heavy (non-hydrogen) atoms. The van der Waals surface area contributed by atoms with Crippen LogP contribution >= 0.6 is 11.8 Å². The normalized spacial score (nSPS) is 10.9. The summed E-state index contributed by atoms with van der Waals surface area (Å²) in [5.74, 6) is 0. The molecule has 90 valence electrons. The molecule has 1 aromatic carbocycles. The summed E-state index contributed by atoms with van der Waals surface area (Å²) in [6.07, 6.45) is 1.59. The first-order valence-corrected chi connectivity index (χ1v) is 6.10. The first-order chi connectivity index (χ1) is 8.74. The lowest BCUT2D eigenvalue weighted by Gasteiger charge is -2.01. The highest BCUT2D eigenvalue weighted by Crippen LogP contribution is 2.25. The van der Waals surface area contributed by atoms with E-state index in [1.54, 1.807) is 23.0 Å². The minimum atomic E-state index is -0.360. The predicted molar refractivity (Wildman–Crippen MR) is 67.6 cm³/mol. The number of rotatable bonds is 2. The van der Waals surface area contributed by atoms with Gasteiger partial charge in [0.25, 0.3) is 0 Å². The number of aryl methyl sites for hydroxylation is 1. The lowest BCUT2D eigenvalue weighted by molar-refractivity contribution is 0.543. The fraction of sp³-hybridized carbons (Fsp3) is 0.0833. The Morgan fingerprint density at radius 1 is 1.33 bits per heavy atom. The highest BCUT2D eigenvalue weighted by atomic mass is 32.2. The SMILES string of the molecule is Cn1cnnc1Sc1cc2ccccc2oc1=O. The molecule has 0 amide bonds. The zero-order valence-corrected chi connectivity index (χ0v) is 10.3. The van der Waals surface area contributed by atoms with E-state index in [1.807, 2.05) is 25.2 Å². The summed E-state index contributed by atoms with van der Waals surface area (Å²) < 4.78 is 7.00. The number of hydrogen-bond donors (Lipinski definition) is 0. The summed E-state index contributed by atoms with van der Waals surface area (Å²) in [5, 5.41) is 9.24. The average Bonchev–Trinajstić information content (AvgIpc) is 2.76. The molecule has 0 bridgehead atoms. The molecule has 5 nitrogen and oxygen atoms in total. The van der Waals surface area contributed by atoms with Crippen molar-refractivity contribution in [1.29, 1.82) is 0 Å². The van der Waals surface area contributed by atoms with Gasteiger partial charge in [-0.3, -0.25) is 0 Å². The number of benzene rings is 1. The van der Waals surface area contributed by atoms with Crippen molar-refractivity contribution < 1.29 is 4.42 Å². The Morgan fingerprint density at radius 2 is 2.17 bits per heavy atom. The van der Waals surface area contributed by atoms with Gasteiger partial charge in [0.1, 0.15) is 16.8 Å². The summed E-state index contributed by atoms with van der Waals surface area (Å²) >= 11 is 1.25. The first-order valence-electron chi connectivity index (χ1n) is 5.29. The van der Waals surface area contributed by atoms with Gasteiger partial charge >= 0.3 is 5.63 Å². The maximum Gasteiger partial charge on any atom is 0.350 e. The standard InChI is InChI=1S/C12H9N3O2S/c1-15-7-13-14-12(15)18-10-6-8-4-2-3-5-9(8)17-11(10)16/h2-7H,1H3. The minimum Gasteiger partial charge on any atom is -0.422 e. The van der Waals surface area contributed by atoms with E-state index in [0.29, 0.717) is 15.6 Å². The first kappa shape index (κ1) is 11.0. The fourth-order valence-electron chi connectivity index (χ4n) is 1.58. The number of para-hydroxylation sites is 1. The number of nitrogens with zero attached hydrogens (tertiary/aromatic N) is 3. The van der Waals surface area contributed by atoms with Gasteiger partial charge in [0, 0.05) is 12.4 Å². The Labute approximate surface area is 106 Å². The summed E-state index contributed by atoms with van der Waals surface area (Å²) in [6, 6.07) is 9.22. The molecule has 0 aliphatic heterocycles. The van der Waals surface area contributed by atoms with Crippen molar-refractivity contribution in [1.82, 2.24) is 14.8 Å². The van der Waals surface area contributed by atoms with Crippen LogP contribution in [-0.4, -0.2) is 14.8 Å². The highest BCUT2D eigenvalue weighted by molar-refractivity contribution is 7.99. The van der Waals surface area contributed by atoms with E-state index in [1.165, 1.54) is 11.8 Å². The van der Waals surface area contributed by atoms with E-state index in [9.17, 15) is 4.79 Å². The molecule has 0 aliphatic rings. The van der Waals surface area contributed by atoms with Crippen LogP contribution < -0.4 is 5.63 Å². The van der Waals surface area contributed by atoms with Crippen LogP contribution in [0.2, 0.25) is 0 Å². The second-order valence-electron chi connectivity index (χ2n) is 3.76. The molecular formula is C12H9N3O2S. The Hall–Kier alpha value is -2.08. The molecule has 0 unspecified atom stereocenters. The van der Waals surface area contributed by atoms with Crippen molar-refractivity contribution in [2.24, 2.45) is 7.05 Å². The third-order valence-electron chi connectivity index (χ3n) is 2.48. The monoisotopic (exact) mass is 259 g/mol. The molecule has 0 atom stereocenters. The van der Waals surface area contributed by atoms with E-state index in [-0.39, 0.29) is 5.63 Å². The summed E-state index contributed by atoms with van der Waals surface area (Å²) in [6.45, 7) is 0. The molecule has 3 aromatic rings. The van der Waals surface area contributed by atoms with Crippen LogP contribution in [0, 0.1) is 0 Å². The van der Waals surface area contributed by atoms with E-state index in [2.05, 4.69) is 10.2 Å². The lowest BCUT2D eigenvalue weighted by Crippen LogP contribution is -2.02. The molecule has 2 aromatic heterocycles. The molecule has 3 rings (SSSR count). The molecule has 2 heterocycles. The molecule has 0 saturated carbocycles. The fourth-order valence-corrected chi connectivity index (χ4v) is 2.36. The largest absolute Gasteiger partial charge is 0.422 e. The summed E-state index contributed by atoms with van der Waals surface area (Å²) in [7, 11) is 1.82. The Bertz CT molecular complexity index is 763. The summed E-state index contributed by atoms with van der Waals surface area (Å²) in [4.78, 5) is 12.3. The van der Waals surface area contributed by atoms with E-state index in [4.69, 9.17) is 4.42 Å². The second-order valence-corrected chi connectivity index (χ2v) is 4.77. The van der Waals surface area contributed by atoms with Gasteiger partial charge in [-0.15, -0.1) is 10.2 Å². The van der Waals surface area contributed by atoms with Gasteiger partial charge in [-0.1, -0.05) is 18.2 Å². The van der Waals surface area contributed by atoms with Gasteiger partial charge in [0.05, 0.1) is 0 Å². The van der Waals surface area contributed by atoms with E-state index in [0.717, 1.165) is 5.39 Å². The van der Waals surface area contributed by atoms with Gasteiger partial charge in [-0.25, -0.2) is 4.79 Å². The number of aromatic nitrogens is 3. The Morgan fingerprint density at radius 3 is 2.94 bits per heavy atom. The zero-order chi connectivity index (χ0) is 12.5. The van der Waals surface area contributed by atoms with Crippen molar-refractivity contribution in [2.45, 2.75) is 10.1 Å². The van der Waals surface area contributed by atoms with Gasteiger partial charge < -0.3 is 8.98 Å². The second kappa shape index (κ2) is 4.30. The molecule has 6 heteroatoms. The Kier molecular flexibility index (Phi) is 2.64. The minimum absolute atomic E-state index is 0.360. The third-order valence-corrected chi connectivity index (χ3v) is 3.54. The molecule has 0 spiro atoms. The van der Waals surface area contributed by atoms with Crippen LogP contribution in [0.15, 0.2) is 55.9 Å². The summed E-state index contributed by atoms with van der Waals surface area (Å²) in [5.41, 5.74) is 0.228. The van der Waals surface area contributed by atoms with Gasteiger partial charge in [-0.2, -0.15) is 0 Å². The maximum atomic E-state index is 11.8. The van der Waals surface area contributed by atoms with Crippen molar-refractivity contribution >= 4 is 22.7 Å². The number of hydrogen-bond acceptors (Lipinski definition) is 5. The molecule has 0 fully saturated rings. The predicted octanol–water partition coefficient (Wildman–Crippen LogP) is 2.07. The van der Waals surface area contributed by atoms with Gasteiger partial charge in [0.15, 0.2) is 5.16 Å². The van der Waals surface area contributed by atoms with E-state index < -0.39 is 0 Å². The molecule has 0 radical (unpaired) electrons. The van der Waals surface area contributed by atoms with Crippen LogP contribution in [0.3, 0.4) is 0 Å². The maximum absolute atomic E-state index is 11.8. The van der Waals surface area contributed by atoms with Crippen LogP contribution in [0.1, 0.15) is 0 Å². The van der Waals surface area contributed by atoms with Crippen LogP contribution in [0.5, 0.6) is 0 Å². The number of fused-ring (bicyclic) bond motifs is 1. The van der Waals surface area contributed by atoms with Crippen molar-refractivity contribution in [3.05, 3.63) is 47.1 Å². The van der Waals surface area contributed by atoms with Crippen molar-refractivity contribution in [3.8, 4) is 0 Å². The van der Waals surface area contributed by atoms with Gasteiger partial charge in [-0.05, 0) is 23.9 Å². The van der Waals surface area contributed by atoms with Crippen LogP contribution in [0.25, 0.3) is 11.0 Å². The Balaban J connectivity index is 2.09. The van der Waals surface area contributed by atoms with Crippen molar-refractivity contribution in [3.63, 3.8) is 0 Å². The third kappa shape index (κ3) is 1.91. The molecule has 0 N–H and O–H groups in total. The smallest absolute Gasteiger partial charge is 0.350 e. The average molecular weight is 259 g/mol.